The number of rotatable bonds is 3. The van der Waals surface area contributed by atoms with Gasteiger partial charge in [-0.1, -0.05) is 32.6 Å². The van der Waals surface area contributed by atoms with Crippen LogP contribution >= 0.6 is 0 Å². The molecule has 94 valence electrons. The second-order valence-corrected chi connectivity index (χ2v) is 5.98. The van der Waals surface area contributed by atoms with Gasteiger partial charge in [0.2, 0.25) is 0 Å². The molecule has 2 atom stereocenters. The van der Waals surface area contributed by atoms with Gasteiger partial charge in [0, 0.05) is 12.6 Å². The Morgan fingerprint density at radius 1 is 1.06 bits per heavy atom. The average Bonchev–Trinajstić information content (AvgIpc) is 2.57. The molecule has 16 heavy (non-hydrogen) atoms. The zero-order chi connectivity index (χ0) is 11.4. The first-order valence-electron chi connectivity index (χ1n) is 7.18. The lowest BCUT2D eigenvalue weighted by Gasteiger charge is -2.30. The predicted octanol–water partition coefficient (Wildman–Crippen LogP) is 2.50. The van der Waals surface area contributed by atoms with Gasteiger partial charge in [0.15, 0.2) is 0 Å². The Hall–Kier alpha value is -0.0800. The Balaban J connectivity index is 1.79. The Kier molecular flexibility index (Phi) is 4.66. The Labute approximate surface area is 101 Å². The van der Waals surface area contributed by atoms with Crippen molar-refractivity contribution in [2.24, 2.45) is 11.8 Å². The zero-order valence-corrected chi connectivity index (χ0v) is 11.0. The highest BCUT2D eigenvalue weighted by molar-refractivity contribution is 4.82. The molecule has 2 fully saturated rings. The molecule has 2 heteroatoms. The molecule has 1 aliphatic heterocycles. The topological polar surface area (TPSA) is 15.3 Å². The van der Waals surface area contributed by atoms with Crippen LogP contribution < -0.4 is 5.32 Å². The van der Waals surface area contributed by atoms with Gasteiger partial charge < -0.3 is 10.2 Å². The number of hydrogen-bond acceptors (Lipinski definition) is 2. The van der Waals surface area contributed by atoms with E-state index in [0.29, 0.717) is 0 Å². The van der Waals surface area contributed by atoms with Crippen LogP contribution in [0.5, 0.6) is 0 Å². The first-order chi connectivity index (χ1) is 7.77. The molecule has 1 heterocycles. The lowest BCUT2D eigenvalue weighted by atomic mass is 9.96. The molecule has 2 rings (SSSR count). The first-order valence-corrected chi connectivity index (χ1v) is 7.18. The van der Waals surface area contributed by atoms with Crippen molar-refractivity contribution in [3.05, 3.63) is 0 Å². The molecule has 2 nitrogen and oxygen atoms in total. The van der Waals surface area contributed by atoms with Crippen molar-refractivity contribution >= 4 is 0 Å². The third-order valence-electron chi connectivity index (χ3n) is 4.65. The maximum Gasteiger partial charge on any atom is 0.00923 e. The quantitative estimate of drug-likeness (QED) is 0.741. The van der Waals surface area contributed by atoms with Gasteiger partial charge >= 0.3 is 0 Å². The molecule has 0 unspecified atom stereocenters. The fourth-order valence-corrected chi connectivity index (χ4v) is 3.33. The predicted molar refractivity (Wildman–Crippen MR) is 69.6 cm³/mol. The molecule has 0 amide bonds. The Bertz CT molecular complexity index is 197. The average molecular weight is 224 g/mol. The summed E-state index contributed by atoms with van der Waals surface area (Å²) in [6.07, 6.45) is 8.70. The van der Waals surface area contributed by atoms with E-state index in [1.807, 2.05) is 0 Å². The molecule has 0 aromatic heterocycles. The van der Waals surface area contributed by atoms with E-state index in [1.165, 1.54) is 58.2 Å². The minimum Gasteiger partial charge on any atom is -0.316 e. The monoisotopic (exact) mass is 224 g/mol. The van der Waals surface area contributed by atoms with Crippen molar-refractivity contribution in [2.75, 3.05) is 26.7 Å². The minimum absolute atomic E-state index is 0.869. The summed E-state index contributed by atoms with van der Waals surface area (Å²) in [6, 6.07) is 0.871. The maximum absolute atomic E-state index is 3.52. The van der Waals surface area contributed by atoms with E-state index in [2.05, 4.69) is 24.2 Å². The number of nitrogens with zero attached hydrogens (tertiary/aromatic N) is 1. The van der Waals surface area contributed by atoms with Gasteiger partial charge in [-0.2, -0.15) is 0 Å². The van der Waals surface area contributed by atoms with Crippen molar-refractivity contribution in [2.45, 2.75) is 51.5 Å². The van der Waals surface area contributed by atoms with Crippen LogP contribution in [0.1, 0.15) is 45.4 Å². The van der Waals surface area contributed by atoms with Gasteiger partial charge in [-0.25, -0.2) is 0 Å². The van der Waals surface area contributed by atoms with E-state index < -0.39 is 0 Å². The van der Waals surface area contributed by atoms with E-state index in [9.17, 15) is 0 Å². The third-order valence-corrected chi connectivity index (χ3v) is 4.65. The summed E-state index contributed by atoms with van der Waals surface area (Å²) in [5.74, 6) is 1.75. The standard InChI is InChI=1S/C14H28N2/c1-12-9-15-10-13(12)11-16(2)14-7-5-3-4-6-8-14/h12-15H,3-11H2,1-2H3/t12-,13+/m1/s1. The molecular formula is C14H28N2. The second-order valence-electron chi connectivity index (χ2n) is 5.98. The molecule has 1 saturated carbocycles. The molecule has 0 radical (unpaired) electrons. The van der Waals surface area contributed by atoms with E-state index in [0.717, 1.165) is 17.9 Å². The third kappa shape index (κ3) is 3.21. The summed E-state index contributed by atoms with van der Waals surface area (Å²) in [6.45, 7) is 6.16. The molecule has 1 aliphatic carbocycles. The van der Waals surface area contributed by atoms with Gasteiger partial charge in [0.25, 0.3) is 0 Å². The molecule has 0 aromatic rings. The Morgan fingerprint density at radius 2 is 1.75 bits per heavy atom. The Morgan fingerprint density at radius 3 is 2.31 bits per heavy atom. The smallest absolute Gasteiger partial charge is 0.00923 e. The van der Waals surface area contributed by atoms with E-state index in [1.54, 1.807) is 0 Å². The van der Waals surface area contributed by atoms with Crippen LogP contribution in [0, 0.1) is 11.8 Å². The lowest BCUT2D eigenvalue weighted by molar-refractivity contribution is 0.181. The fourth-order valence-electron chi connectivity index (χ4n) is 3.33. The van der Waals surface area contributed by atoms with Gasteiger partial charge in [-0.05, 0) is 44.8 Å². The highest BCUT2D eigenvalue weighted by atomic mass is 15.1. The molecule has 1 saturated heterocycles. The van der Waals surface area contributed by atoms with Crippen LogP contribution in [0.4, 0.5) is 0 Å². The van der Waals surface area contributed by atoms with E-state index >= 15 is 0 Å². The number of nitrogens with one attached hydrogen (secondary N) is 1. The normalized spacial score (nSPS) is 33.2. The van der Waals surface area contributed by atoms with Crippen LogP contribution in [-0.4, -0.2) is 37.6 Å². The van der Waals surface area contributed by atoms with Gasteiger partial charge in [0.05, 0.1) is 0 Å². The molecule has 0 aromatic carbocycles. The van der Waals surface area contributed by atoms with Crippen LogP contribution in [0.15, 0.2) is 0 Å². The summed E-state index contributed by atoms with van der Waals surface area (Å²) < 4.78 is 0. The lowest BCUT2D eigenvalue weighted by Crippen LogP contribution is -2.37. The first kappa shape index (κ1) is 12.4. The van der Waals surface area contributed by atoms with Gasteiger partial charge in [0.1, 0.15) is 0 Å². The van der Waals surface area contributed by atoms with Crippen molar-refractivity contribution < 1.29 is 0 Å². The van der Waals surface area contributed by atoms with E-state index in [4.69, 9.17) is 0 Å². The van der Waals surface area contributed by atoms with Crippen molar-refractivity contribution in [3.8, 4) is 0 Å². The molecule has 1 N–H and O–H groups in total. The highest BCUT2D eigenvalue weighted by Gasteiger charge is 2.26. The van der Waals surface area contributed by atoms with Crippen LogP contribution in [0.25, 0.3) is 0 Å². The summed E-state index contributed by atoms with van der Waals surface area (Å²) in [4.78, 5) is 2.65. The van der Waals surface area contributed by atoms with Crippen LogP contribution in [-0.2, 0) is 0 Å². The second kappa shape index (κ2) is 6.02. The maximum atomic E-state index is 3.52. The molecular weight excluding hydrogens is 196 g/mol. The summed E-state index contributed by atoms with van der Waals surface area (Å²) >= 11 is 0. The summed E-state index contributed by atoms with van der Waals surface area (Å²) in [5.41, 5.74) is 0. The SMILES string of the molecule is C[C@@H]1CNC[C@H]1CN(C)C1CCCCCC1. The summed E-state index contributed by atoms with van der Waals surface area (Å²) in [5, 5.41) is 3.52. The molecule has 2 aliphatic rings. The van der Waals surface area contributed by atoms with Gasteiger partial charge in [-0.15, -0.1) is 0 Å². The van der Waals surface area contributed by atoms with Crippen molar-refractivity contribution in [3.63, 3.8) is 0 Å². The van der Waals surface area contributed by atoms with Gasteiger partial charge in [-0.3, -0.25) is 0 Å². The highest BCUT2D eigenvalue weighted by Crippen LogP contribution is 2.24. The van der Waals surface area contributed by atoms with Crippen LogP contribution in [0.2, 0.25) is 0 Å². The largest absolute Gasteiger partial charge is 0.316 e. The number of hydrogen-bond donors (Lipinski definition) is 1. The summed E-state index contributed by atoms with van der Waals surface area (Å²) in [7, 11) is 2.35. The fraction of sp³-hybridized carbons (Fsp3) is 1.00. The van der Waals surface area contributed by atoms with Crippen molar-refractivity contribution in [1.82, 2.24) is 10.2 Å². The van der Waals surface area contributed by atoms with Crippen molar-refractivity contribution in [1.29, 1.82) is 0 Å². The van der Waals surface area contributed by atoms with Crippen LogP contribution in [0.3, 0.4) is 0 Å². The minimum atomic E-state index is 0.869. The zero-order valence-electron chi connectivity index (χ0n) is 11.0. The molecule has 0 spiro atoms. The molecule has 0 bridgehead atoms. The van der Waals surface area contributed by atoms with E-state index in [-0.39, 0.29) is 0 Å².